The molecule has 0 spiro atoms. The maximum Gasteiger partial charge on any atom is 0.410 e. The molecule has 17 nitrogen and oxygen atoms in total. The number of rotatable bonds is 11. The van der Waals surface area contributed by atoms with Gasteiger partial charge in [0.05, 0.1) is 16.8 Å². The molecule has 64 heavy (non-hydrogen) atoms. The Hall–Kier alpha value is -5.65. The zero-order valence-electron chi connectivity index (χ0n) is 39.6. The average Bonchev–Trinajstić information content (AvgIpc) is 3.64. The van der Waals surface area contributed by atoms with Crippen molar-refractivity contribution in [2.45, 2.75) is 98.9 Å². The molecule has 2 aromatic carbocycles. The molecule has 3 amide bonds. The highest BCUT2D eigenvalue weighted by Gasteiger charge is 2.30. The van der Waals surface area contributed by atoms with Gasteiger partial charge in [0.15, 0.2) is 0 Å². The van der Waals surface area contributed by atoms with Gasteiger partial charge in [-0.1, -0.05) is 25.5 Å². The third kappa shape index (κ3) is 15.6. The lowest BCUT2D eigenvalue weighted by atomic mass is 10.2. The molecule has 1 N–H and O–H groups in total. The van der Waals surface area contributed by atoms with Crippen LogP contribution in [0.4, 0.5) is 32.0 Å². The minimum Gasteiger partial charge on any atom is -0.461 e. The molecular formula is C46H68N10O7S. The van der Waals surface area contributed by atoms with Crippen LogP contribution in [0.3, 0.4) is 0 Å². The highest BCUT2D eigenvalue weighted by atomic mass is 32.1. The van der Waals surface area contributed by atoms with Crippen LogP contribution in [0, 0.1) is 0 Å². The molecule has 0 aliphatic carbocycles. The number of likely N-dealkylation sites (N-methyl/N-ethyl adjacent to an activating group) is 1. The van der Waals surface area contributed by atoms with Gasteiger partial charge in [0.25, 0.3) is 0 Å². The number of para-hydroxylation sites is 1. The van der Waals surface area contributed by atoms with E-state index in [0.717, 1.165) is 39.3 Å². The molecule has 4 aromatic rings. The topological polar surface area (TPSA) is 168 Å². The Kier molecular flexibility index (Phi) is 16.8. The van der Waals surface area contributed by atoms with E-state index in [0.29, 0.717) is 25.0 Å². The number of hydrogen-bond donors (Lipinski definition) is 1. The van der Waals surface area contributed by atoms with E-state index in [1.165, 1.54) is 4.90 Å². The summed E-state index contributed by atoms with van der Waals surface area (Å²) in [6.45, 7) is 21.2. The minimum absolute atomic E-state index is 0.132. The van der Waals surface area contributed by atoms with Crippen molar-refractivity contribution in [3.63, 3.8) is 0 Å². The van der Waals surface area contributed by atoms with Crippen LogP contribution in [0.2, 0.25) is 0 Å². The van der Waals surface area contributed by atoms with Crippen LogP contribution in [-0.2, 0) is 14.2 Å². The number of fused-ring (bicyclic) bond motifs is 1. The first-order valence-electron chi connectivity index (χ1n) is 22.1. The van der Waals surface area contributed by atoms with Gasteiger partial charge >= 0.3 is 24.3 Å². The van der Waals surface area contributed by atoms with E-state index in [9.17, 15) is 14.4 Å². The van der Waals surface area contributed by atoms with Crippen molar-refractivity contribution in [1.29, 1.82) is 0 Å². The van der Waals surface area contributed by atoms with Gasteiger partial charge in [-0.2, -0.15) is 15.0 Å². The Morgan fingerprint density at radius 2 is 1.20 bits per heavy atom. The summed E-state index contributed by atoms with van der Waals surface area (Å²) < 4.78 is 24.8. The number of benzene rings is 2. The van der Waals surface area contributed by atoms with Crippen molar-refractivity contribution in [3.05, 3.63) is 48.5 Å². The van der Waals surface area contributed by atoms with Crippen molar-refractivity contribution >= 4 is 57.4 Å². The summed E-state index contributed by atoms with van der Waals surface area (Å²) in [5.74, 6) is 0.655. The Labute approximate surface area is 382 Å². The van der Waals surface area contributed by atoms with E-state index < -0.39 is 35.1 Å². The molecule has 5 rings (SSSR count). The number of unbranched alkanes of at least 4 members (excludes halogenated alkanes) is 1. The number of carbonyl (C=O) groups is 3. The van der Waals surface area contributed by atoms with Crippen molar-refractivity contribution in [1.82, 2.24) is 34.6 Å². The molecule has 1 aliphatic rings. The Morgan fingerprint density at radius 1 is 0.688 bits per heavy atom. The molecule has 1 aliphatic heterocycles. The highest BCUT2D eigenvalue weighted by molar-refractivity contribution is 7.21. The molecule has 350 valence electrons. The van der Waals surface area contributed by atoms with E-state index in [1.807, 2.05) is 71.7 Å². The van der Waals surface area contributed by atoms with E-state index in [2.05, 4.69) is 52.5 Å². The van der Waals surface area contributed by atoms with E-state index in [-0.39, 0.29) is 65.0 Å². The Balaban J connectivity index is 1.38. The first-order chi connectivity index (χ1) is 30.2. The number of hydrogen-bond acceptors (Lipinski definition) is 15. The van der Waals surface area contributed by atoms with Crippen molar-refractivity contribution in [3.8, 4) is 16.6 Å². The van der Waals surface area contributed by atoms with Crippen LogP contribution in [0.25, 0.3) is 20.8 Å². The number of carbonyl (C=O) groups excluding carboxylic acids is 3. The zero-order chi connectivity index (χ0) is 46.7. The van der Waals surface area contributed by atoms with Gasteiger partial charge in [0.1, 0.15) is 28.4 Å². The number of thiazole rings is 1. The molecule has 0 radical (unpaired) electrons. The number of anilines is 3. The summed E-state index contributed by atoms with van der Waals surface area (Å²) in [5, 5.41) is 4.30. The average molecular weight is 905 g/mol. The number of amides is 3. The first-order valence-corrected chi connectivity index (χ1v) is 23.0. The number of nitrogens with one attached hydrogen (secondary N) is 1. The predicted molar refractivity (Wildman–Crippen MR) is 253 cm³/mol. The van der Waals surface area contributed by atoms with Crippen molar-refractivity contribution in [2.75, 3.05) is 94.2 Å². The molecule has 1 fully saturated rings. The quantitative estimate of drug-likeness (QED) is 0.113. The van der Waals surface area contributed by atoms with Crippen molar-refractivity contribution in [2.24, 2.45) is 0 Å². The van der Waals surface area contributed by atoms with Gasteiger partial charge in [-0.25, -0.2) is 19.4 Å². The Morgan fingerprint density at radius 3 is 1.70 bits per heavy atom. The van der Waals surface area contributed by atoms with Crippen LogP contribution in [0.1, 0.15) is 82.1 Å². The highest BCUT2D eigenvalue weighted by Crippen LogP contribution is 2.31. The lowest BCUT2D eigenvalue weighted by molar-refractivity contribution is 0.00805. The summed E-state index contributed by atoms with van der Waals surface area (Å²) in [6, 6.07) is 16.6. The summed E-state index contributed by atoms with van der Waals surface area (Å²) in [6.07, 6.45) is 0.271. The van der Waals surface area contributed by atoms with E-state index in [1.54, 1.807) is 41.9 Å². The van der Waals surface area contributed by atoms with E-state index >= 15 is 0 Å². The summed E-state index contributed by atoms with van der Waals surface area (Å²) in [5.41, 5.74) is 0.803. The molecule has 0 bridgehead atoms. The fraction of sp³-hybridized carbons (Fsp3) is 0.587. The van der Waals surface area contributed by atoms with Crippen LogP contribution in [0.5, 0.6) is 6.01 Å². The maximum atomic E-state index is 13.7. The number of aromatic nitrogens is 4. The fourth-order valence-corrected chi connectivity index (χ4v) is 7.38. The monoisotopic (exact) mass is 904 g/mol. The molecule has 18 heteroatoms. The lowest BCUT2D eigenvalue weighted by Gasteiger charge is -2.35. The molecular weight excluding hydrogens is 837 g/mol. The standard InChI is InChI=1S/C46H68N10O7S/c1-12-13-22-47-38-49-39(51-40(50-38)60-32-31-52(11)34-20-18-33(19-21-34)37-48-35-16-14-15-17-36(35)64-37)53-23-25-54(41(57)61-44(2,3)4)27-29-56(43(59)63-46(8,9)10)30-28-55(26-24-53)42(58)62-45(5,6)7/h14-21H,12-13,22-32H2,1-11H3,(H,47,49,50,51). The summed E-state index contributed by atoms with van der Waals surface area (Å²) in [4.78, 5) is 68.6. The second-order valence-electron chi connectivity index (χ2n) is 18.7. The van der Waals surface area contributed by atoms with Gasteiger partial charge in [-0.3, -0.25) is 0 Å². The van der Waals surface area contributed by atoms with Crippen molar-refractivity contribution < 1.29 is 33.3 Å². The number of ether oxygens (including phenoxy) is 4. The zero-order valence-corrected chi connectivity index (χ0v) is 40.4. The van der Waals surface area contributed by atoms with Gasteiger partial charge in [0.2, 0.25) is 11.9 Å². The molecule has 0 saturated carbocycles. The van der Waals surface area contributed by atoms with Gasteiger partial charge in [-0.05, 0) is 105 Å². The molecule has 2 aromatic heterocycles. The summed E-state index contributed by atoms with van der Waals surface area (Å²) >= 11 is 1.67. The minimum atomic E-state index is -0.757. The third-order valence-corrected chi connectivity index (χ3v) is 10.8. The largest absolute Gasteiger partial charge is 0.461 e. The lowest BCUT2D eigenvalue weighted by Crippen LogP contribution is -2.51. The van der Waals surface area contributed by atoms with Gasteiger partial charge in [-0.15, -0.1) is 11.3 Å². The van der Waals surface area contributed by atoms with Gasteiger partial charge in [0, 0.05) is 77.2 Å². The van der Waals surface area contributed by atoms with Gasteiger partial charge < -0.3 is 48.8 Å². The normalized spacial score (nSPS) is 14.7. The Bertz CT molecular complexity index is 2070. The van der Waals surface area contributed by atoms with Crippen LogP contribution in [0.15, 0.2) is 48.5 Å². The molecule has 3 heterocycles. The maximum absolute atomic E-state index is 13.7. The SMILES string of the molecule is CCCCNc1nc(OCCN(C)c2ccc(-c3nc4ccccc4s3)cc2)nc(N2CCN(C(=O)OC(C)(C)C)CCN(C(=O)OC(C)(C)C)CCN(C(=O)OC(C)(C)C)CC2)n1. The second kappa shape index (κ2) is 21.8. The first kappa shape index (κ1) is 49.4. The van der Waals surface area contributed by atoms with Crippen LogP contribution >= 0.6 is 11.3 Å². The third-order valence-electron chi connectivity index (χ3n) is 9.72. The molecule has 1 saturated heterocycles. The van der Waals surface area contributed by atoms with Crippen LogP contribution < -0.4 is 19.9 Å². The second-order valence-corrected chi connectivity index (χ2v) is 19.7. The van der Waals surface area contributed by atoms with E-state index in [4.69, 9.17) is 33.9 Å². The fourth-order valence-electron chi connectivity index (χ4n) is 6.41. The smallest absolute Gasteiger partial charge is 0.410 e. The number of nitrogens with zero attached hydrogens (tertiary/aromatic N) is 9. The molecule has 0 unspecified atom stereocenters. The predicted octanol–water partition coefficient (Wildman–Crippen LogP) is 8.41. The molecule has 0 atom stereocenters. The summed E-state index contributed by atoms with van der Waals surface area (Å²) in [7, 11) is 2.00. The van der Waals surface area contributed by atoms with Crippen LogP contribution in [-0.4, -0.2) is 149 Å².